The second-order valence-electron chi connectivity index (χ2n) is 2.50. The molecule has 0 saturated heterocycles. The normalized spacial score (nSPS) is 10.8. The predicted octanol–water partition coefficient (Wildman–Crippen LogP) is 3.40. The molecule has 0 atom stereocenters. The van der Waals surface area contributed by atoms with Crippen LogP contribution in [0.1, 0.15) is 0 Å². The summed E-state index contributed by atoms with van der Waals surface area (Å²) in [4.78, 5) is 2.84. The quantitative estimate of drug-likeness (QED) is 0.766. The molecular weight excluding hydrogens is 286 g/mol. The van der Waals surface area contributed by atoms with Crippen LogP contribution in [-0.4, -0.2) is 10.1 Å². The maximum Gasteiger partial charge on any atom is 0.189 e. The third-order valence-corrected chi connectivity index (χ3v) is 2.75. The van der Waals surface area contributed by atoms with Crippen molar-refractivity contribution in [3.63, 3.8) is 0 Å². The first-order chi connectivity index (χ1) is 5.66. The molecule has 0 aliphatic rings. The van der Waals surface area contributed by atoms with E-state index >= 15 is 0 Å². The van der Waals surface area contributed by atoms with Crippen LogP contribution in [-0.2, 0) is 0 Å². The first-order valence-electron chi connectivity index (χ1n) is 3.33. The zero-order valence-corrected chi connectivity index (χ0v) is 9.11. The van der Waals surface area contributed by atoms with Gasteiger partial charge in [0.15, 0.2) is 5.88 Å². The van der Waals surface area contributed by atoms with Gasteiger partial charge in [-0.15, -0.1) is 0 Å². The molecule has 2 nitrogen and oxygen atoms in total. The summed E-state index contributed by atoms with van der Waals surface area (Å²) in [5.74, 6) is 0.184. The van der Waals surface area contributed by atoms with Gasteiger partial charge in [-0.05, 0) is 12.1 Å². The zero-order valence-electron chi connectivity index (χ0n) is 5.94. The molecule has 1 aromatic heterocycles. The first kappa shape index (κ1) is 8.13. The molecule has 0 radical (unpaired) electrons. The van der Waals surface area contributed by atoms with Crippen molar-refractivity contribution in [1.82, 2.24) is 4.98 Å². The number of halogens is 2. The molecule has 0 spiro atoms. The van der Waals surface area contributed by atoms with E-state index in [4.69, 9.17) is 0 Å². The summed E-state index contributed by atoms with van der Waals surface area (Å²) in [7, 11) is 0. The van der Waals surface area contributed by atoms with Gasteiger partial charge in [-0.25, -0.2) is 0 Å². The van der Waals surface area contributed by atoms with Crippen LogP contribution in [0.3, 0.4) is 0 Å². The summed E-state index contributed by atoms with van der Waals surface area (Å²) < 4.78 is 1.94. The van der Waals surface area contributed by atoms with Crippen molar-refractivity contribution in [3.8, 4) is 5.88 Å². The predicted molar refractivity (Wildman–Crippen MR) is 55.4 cm³/mol. The fourth-order valence-electron chi connectivity index (χ4n) is 1.15. The van der Waals surface area contributed by atoms with E-state index in [1.54, 1.807) is 6.07 Å². The summed E-state index contributed by atoms with van der Waals surface area (Å²) in [6.45, 7) is 0. The van der Waals surface area contributed by atoms with Gasteiger partial charge < -0.3 is 10.1 Å². The molecule has 0 aliphatic heterocycles. The highest BCUT2D eigenvalue weighted by Crippen LogP contribution is 2.30. The number of hydrogen-bond donors (Lipinski definition) is 2. The third-order valence-electron chi connectivity index (χ3n) is 1.64. The van der Waals surface area contributed by atoms with E-state index in [0.717, 1.165) is 19.8 Å². The Bertz CT molecular complexity index is 436. The van der Waals surface area contributed by atoms with E-state index in [9.17, 15) is 5.11 Å². The second kappa shape index (κ2) is 2.78. The Labute approximate surface area is 85.9 Å². The topological polar surface area (TPSA) is 36.0 Å². The van der Waals surface area contributed by atoms with Gasteiger partial charge in [0.05, 0.1) is 5.52 Å². The minimum absolute atomic E-state index is 0.184. The van der Waals surface area contributed by atoms with Crippen LogP contribution in [0.4, 0.5) is 0 Å². The molecule has 2 aromatic rings. The summed E-state index contributed by atoms with van der Waals surface area (Å²) in [6, 6.07) is 5.54. The number of nitrogens with one attached hydrogen (secondary N) is 1. The maximum atomic E-state index is 9.18. The van der Waals surface area contributed by atoms with E-state index < -0.39 is 0 Å². The van der Waals surface area contributed by atoms with Gasteiger partial charge in [-0.3, -0.25) is 0 Å². The lowest BCUT2D eigenvalue weighted by Crippen LogP contribution is -1.70. The molecular formula is C8H5Br2NO. The summed E-state index contributed by atoms with van der Waals surface area (Å²) in [5.41, 5.74) is 0.911. The molecule has 0 unspecified atom stereocenters. The lowest BCUT2D eigenvalue weighted by atomic mass is 10.2. The Hall–Kier alpha value is -0.480. The molecule has 12 heavy (non-hydrogen) atoms. The van der Waals surface area contributed by atoms with Crippen molar-refractivity contribution in [1.29, 1.82) is 0 Å². The molecule has 0 fully saturated rings. The number of hydrogen-bond acceptors (Lipinski definition) is 1. The highest BCUT2D eigenvalue weighted by atomic mass is 79.9. The molecule has 1 heterocycles. The fraction of sp³-hybridized carbons (Fsp3) is 0. The Morgan fingerprint density at radius 1 is 1.17 bits per heavy atom. The maximum absolute atomic E-state index is 9.18. The molecule has 1 aromatic carbocycles. The van der Waals surface area contributed by atoms with E-state index in [-0.39, 0.29) is 5.88 Å². The largest absolute Gasteiger partial charge is 0.495 e. The van der Waals surface area contributed by atoms with Crippen LogP contribution in [0.5, 0.6) is 5.88 Å². The molecule has 0 amide bonds. The summed E-state index contributed by atoms with van der Waals surface area (Å²) in [6.07, 6.45) is 0. The molecule has 0 bridgehead atoms. The number of fused-ring (bicyclic) bond motifs is 1. The monoisotopic (exact) mass is 289 g/mol. The number of benzene rings is 1. The fourth-order valence-corrected chi connectivity index (χ4v) is 2.49. The Morgan fingerprint density at radius 3 is 2.67 bits per heavy atom. The van der Waals surface area contributed by atoms with Crippen LogP contribution in [0.25, 0.3) is 10.9 Å². The van der Waals surface area contributed by atoms with Gasteiger partial charge in [0.1, 0.15) is 0 Å². The smallest absolute Gasteiger partial charge is 0.189 e. The van der Waals surface area contributed by atoms with Crippen LogP contribution in [0.2, 0.25) is 0 Å². The second-order valence-corrected chi connectivity index (χ2v) is 4.27. The van der Waals surface area contributed by atoms with Crippen molar-refractivity contribution in [2.24, 2.45) is 0 Å². The van der Waals surface area contributed by atoms with Gasteiger partial charge in [0.25, 0.3) is 0 Å². The molecule has 0 aliphatic carbocycles. The number of H-pyrrole nitrogens is 1. The minimum atomic E-state index is 0.184. The minimum Gasteiger partial charge on any atom is -0.495 e. The van der Waals surface area contributed by atoms with Gasteiger partial charge in [0, 0.05) is 20.4 Å². The third kappa shape index (κ3) is 1.25. The lowest BCUT2D eigenvalue weighted by Gasteiger charge is -1.94. The van der Waals surface area contributed by atoms with Gasteiger partial charge >= 0.3 is 0 Å². The number of aromatic amines is 1. The van der Waals surface area contributed by atoms with Crippen LogP contribution >= 0.6 is 31.9 Å². The Kier molecular flexibility index (Phi) is 1.88. The van der Waals surface area contributed by atoms with E-state index in [1.165, 1.54) is 0 Å². The highest BCUT2D eigenvalue weighted by Gasteiger charge is 2.03. The average molecular weight is 291 g/mol. The first-order valence-corrected chi connectivity index (χ1v) is 4.92. The van der Waals surface area contributed by atoms with E-state index in [2.05, 4.69) is 36.8 Å². The van der Waals surface area contributed by atoms with Crippen LogP contribution in [0.15, 0.2) is 27.1 Å². The Balaban J connectivity index is 2.88. The van der Waals surface area contributed by atoms with Gasteiger partial charge in [-0.2, -0.15) is 0 Å². The average Bonchev–Trinajstić information content (AvgIpc) is 2.29. The van der Waals surface area contributed by atoms with Crippen LogP contribution in [0, 0.1) is 0 Å². The SMILES string of the molecule is Oc1cc2c(Br)cc(Br)cc2[nH]1. The molecule has 2 rings (SSSR count). The molecule has 4 heteroatoms. The van der Waals surface area contributed by atoms with Gasteiger partial charge in [-0.1, -0.05) is 31.9 Å². The highest BCUT2D eigenvalue weighted by molar-refractivity contribution is 9.11. The molecule has 62 valence electrons. The standard InChI is InChI=1S/C8H5Br2NO/c9-4-1-6(10)5-3-8(12)11-7(5)2-4/h1-3,11-12H. The summed E-state index contributed by atoms with van der Waals surface area (Å²) in [5, 5.41) is 10.2. The number of aromatic hydroxyl groups is 1. The molecule has 0 saturated carbocycles. The van der Waals surface area contributed by atoms with Crippen LogP contribution < -0.4 is 0 Å². The zero-order chi connectivity index (χ0) is 8.72. The lowest BCUT2D eigenvalue weighted by molar-refractivity contribution is 0.458. The van der Waals surface area contributed by atoms with Crippen molar-refractivity contribution in [2.45, 2.75) is 0 Å². The van der Waals surface area contributed by atoms with E-state index in [0.29, 0.717) is 0 Å². The van der Waals surface area contributed by atoms with E-state index in [1.807, 2.05) is 12.1 Å². The van der Waals surface area contributed by atoms with Crippen molar-refractivity contribution in [3.05, 3.63) is 27.1 Å². The number of rotatable bonds is 0. The van der Waals surface area contributed by atoms with Crippen molar-refractivity contribution >= 4 is 42.8 Å². The summed E-state index contributed by atoms with van der Waals surface area (Å²) >= 11 is 6.76. The Morgan fingerprint density at radius 2 is 1.92 bits per heavy atom. The van der Waals surface area contributed by atoms with Crippen molar-refractivity contribution < 1.29 is 5.11 Å². The molecule has 2 N–H and O–H groups in total. The number of aromatic nitrogens is 1. The van der Waals surface area contributed by atoms with Crippen molar-refractivity contribution in [2.75, 3.05) is 0 Å². The van der Waals surface area contributed by atoms with Gasteiger partial charge in [0.2, 0.25) is 0 Å².